The highest BCUT2D eigenvalue weighted by Crippen LogP contribution is 2.37. The van der Waals surface area contributed by atoms with Crippen molar-refractivity contribution in [3.63, 3.8) is 0 Å². The van der Waals surface area contributed by atoms with Crippen LogP contribution in [0.3, 0.4) is 0 Å². The van der Waals surface area contributed by atoms with Crippen LogP contribution >= 0.6 is 0 Å². The van der Waals surface area contributed by atoms with Crippen molar-refractivity contribution in [3.05, 3.63) is 113 Å². The Morgan fingerprint density at radius 1 is 0.727 bits per heavy atom. The van der Waals surface area contributed by atoms with E-state index in [4.69, 9.17) is 4.98 Å². The topological polar surface area (TPSA) is 92.1 Å². The molecule has 4 aromatic carbocycles. The van der Waals surface area contributed by atoms with Crippen LogP contribution < -0.4 is 0 Å². The molecule has 6 heteroatoms. The number of nitro groups is 1. The molecule has 0 atom stereocenters. The van der Waals surface area contributed by atoms with Crippen molar-refractivity contribution in [1.82, 2.24) is 9.97 Å². The molecule has 1 heterocycles. The molecule has 6 nitrogen and oxygen atoms in total. The first-order valence-electron chi connectivity index (χ1n) is 10.4. The van der Waals surface area contributed by atoms with Crippen molar-refractivity contribution in [1.29, 1.82) is 0 Å². The molecule has 0 saturated heterocycles. The van der Waals surface area contributed by atoms with Crippen molar-refractivity contribution in [2.75, 3.05) is 0 Å². The van der Waals surface area contributed by atoms with Gasteiger partial charge >= 0.3 is 0 Å². The number of H-pyrrole nitrogens is 1. The number of benzene rings is 4. The Bertz CT molecular complexity index is 1430. The average molecular weight is 433 g/mol. The third-order valence-corrected chi connectivity index (χ3v) is 5.48. The largest absolute Gasteiger partial charge is 0.507 e. The van der Waals surface area contributed by atoms with Gasteiger partial charge in [0.2, 0.25) is 0 Å². The molecule has 33 heavy (non-hydrogen) atoms. The van der Waals surface area contributed by atoms with Crippen molar-refractivity contribution in [2.45, 2.75) is 0 Å². The molecule has 0 fully saturated rings. The van der Waals surface area contributed by atoms with Gasteiger partial charge in [0.05, 0.1) is 21.9 Å². The van der Waals surface area contributed by atoms with Crippen molar-refractivity contribution >= 4 is 5.69 Å². The van der Waals surface area contributed by atoms with Gasteiger partial charge in [0.25, 0.3) is 5.69 Å². The molecule has 0 radical (unpaired) electrons. The van der Waals surface area contributed by atoms with E-state index in [1.807, 2.05) is 72.8 Å². The number of phenolic OH excluding ortho intramolecular Hbond substituents is 1. The molecule has 0 spiro atoms. The molecule has 0 bridgehead atoms. The fraction of sp³-hybridized carbons (Fsp3) is 0. The Labute approximate surface area is 190 Å². The third kappa shape index (κ3) is 3.97. The van der Waals surface area contributed by atoms with E-state index in [0.717, 1.165) is 27.9 Å². The highest BCUT2D eigenvalue weighted by atomic mass is 16.6. The van der Waals surface area contributed by atoms with Gasteiger partial charge in [-0.25, -0.2) is 4.98 Å². The number of non-ortho nitro benzene ring substituents is 1. The molecule has 5 aromatic rings. The standard InChI is InChI=1S/C27H19N3O3/c31-24-16-15-22(30(32)33)17-23(24)27-28-25(20-9-5-2-6-10-20)26(29-27)21-13-11-19(12-14-21)18-7-3-1-4-8-18/h1-17,31H,(H,28,29). The van der Waals surface area contributed by atoms with Gasteiger partial charge in [-0.1, -0.05) is 84.9 Å². The molecule has 0 aliphatic heterocycles. The normalized spacial score (nSPS) is 10.8. The number of hydrogen-bond acceptors (Lipinski definition) is 4. The number of imidazole rings is 1. The number of nitrogens with zero attached hydrogens (tertiary/aromatic N) is 2. The maximum absolute atomic E-state index is 11.3. The Hall–Kier alpha value is -4.71. The van der Waals surface area contributed by atoms with Crippen molar-refractivity contribution < 1.29 is 10.0 Å². The monoisotopic (exact) mass is 433 g/mol. The molecule has 0 unspecified atom stereocenters. The first-order chi connectivity index (χ1) is 16.1. The Kier molecular flexibility index (Phi) is 5.16. The van der Waals surface area contributed by atoms with Gasteiger partial charge in [0.1, 0.15) is 11.6 Å². The fourth-order valence-corrected chi connectivity index (χ4v) is 3.80. The number of aromatic hydroxyl groups is 1. The second-order valence-corrected chi connectivity index (χ2v) is 7.58. The van der Waals surface area contributed by atoms with Crippen molar-refractivity contribution in [3.8, 4) is 50.8 Å². The van der Waals surface area contributed by atoms with Crippen LogP contribution in [0.15, 0.2) is 103 Å². The van der Waals surface area contributed by atoms with Crippen LogP contribution in [-0.2, 0) is 0 Å². The van der Waals surface area contributed by atoms with Gasteiger partial charge in [-0.2, -0.15) is 0 Å². The lowest BCUT2D eigenvalue weighted by Gasteiger charge is -2.06. The summed E-state index contributed by atoms with van der Waals surface area (Å²) in [6.07, 6.45) is 0. The van der Waals surface area contributed by atoms with E-state index in [-0.39, 0.29) is 17.0 Å². The van der Waals surface area contributed by atoms with Crippen LogP contribution in [0.5, 0.6) is 5.75 Å². The number of rotatable bonds is 5. The van der Waals surface area contributed by atoms with E-state index < -0.39 is 4.92 Å². The van der Waals surface area contributed by atoms with Crippen LogP contribution in [0.2, 0.25) is 0 Å². The van der Waals surface area contributed by atoms with E-state index in [2.05, 4.69) is 17.1 Å². The van der Waals surface area contributed by atoms with Gasteiger partial charge in [0.15, 0.2) is 0 Å². The zero-order valence-electron chi connectivity index (χ0n) is 17.5. The number of phenols is 1. The Morgan fingerprint density at radius 2 is 1.30 bits per heavy atom. The average Bonchev–Trinajstić information content (AvgIpc) is 3.31. The molecule has 0 amide bonds. The molecule has 0 aliphatic carbocycles. The minimum atomic E-state index is -0.493. The van der Waals surface area contributed by atoms with E-state index in [0.29, 0.717) is 11.5 Å². The highest BCUT2D eigenvalue weighted by Gasteiger charge is 2.19. The lowest BCUT2D eigenvalue weighted by Crippen LogP contribution is -1.90. The van der Waals surface area contributed by atoms with Gasteiger partial charge in [-0.15, -0.1) is 0 Å². The lowest BCUT2D eigenvalue weighted by atomic mass is 10.0. The molecule has 1 aromatic heterocycles. The van der Waals surface area contributed by atoms with Crippen molar-refractivity contribution in [2.24, 2.45) is 0 Å². The maximum atomic E-state index is 11.3. The smallest absolute Gasteiger partial charge is 0.270 e. The summed E-state index contributed by atoms with van der Waals surface area (Å²) in [5, 5.41) is 21.6. The summed E-state index contributed by atoms with van der Waals surface area (Å²) >= 11 is 0. The Morgan fingerprint density at radius 3 is 1.94 bits per heavy atom. The maximum Gasteiger partial charge on any atom is 0.270 e. The molecular formula is C27H19N3O3. The third-order valence-electron chi connectivity index (χ3n) is 5.48. The number of hydrogen-bond donors (Lipinski definition) is 2. The molecule has 160 valence electrons. The SMILES string of the molecule is O=[N+]([O-])c1ccc(O)c(-c2nc(-c3ccccc3)c(-c3ccc(-c4ccccc4)cc3)[nH]2)c1. The molecule has 5 rings (SSSR count). The van der Waals surface area contributed by atoms with Gasteiger partial charge in [-0.05, 0) is 17.2 Å². The highest BCUT2D eigenvalue weighted by molar-refractivity contribution is 5.83. The van der Waals surface area contributed by atoms with Crippen LogP contribution in [0.4, 0.5) is 5.69 Å². The predicted molar refractivity (Wildman–Crippen MR) is 129 cm³/mol. The minimum absolute atomic E-state index is 0.0834. The number of nitrogens with one attached hydrogen (secondary N) is 1. The van der Waals surface area contributed by atoms with E-state index in [1.54, 1.807) is 0 Å². The van der Waals surface area contributed by atoms with Crippen LogP contribution in [0.1, 0.15) is 0 Å². The summed E-state index contributed by atoms with van der Waals surface area (Å²) < 4.78 is 0. The van der Waals surface area contributed by atoms with Gasteiger partial charge in [-0.3, -0.25) is 10.1 Å². The second-order valence-electron chi connectivity index (χ2n) is 7.58. The fourth-order valence-electron chi connectivity index (χ4n) is 3.80. The number of nitro benzene ring substituents is 1. The summed E-state index contributed by atoms with van der Waals surface area (Å²) in [7, 11) is 0. The predicted octanol–water partition coefficient (Wildman–Crippen LogP) is 6.69. The lowest BCUT2D eigenvalue weighted by molar-refractivity contribution is -0.384. The van der Waals surface area contributed by atoms with E-state index >= 15 is 0 Å². The number of aromatic amines is 1. The summed E-state index contributed by atoms with van der Waals surface area (Å²) in [6.45, 7) is 0. The summed E-state index contributed by atoms with van der Waals surface area (Å²) in [6, 6.07) is 31.8. The zero-order valence-corrected chi connectivity index (χ0v) is 17.5. The zero-order chi connectivity index (χ0) is 22.8. The molecule has 0 aliphatic rings. The van der Waals surface area contributed by atoms with Crippen LogP contribution in [0, 0.1) is 10.1 Å². The minimum Gasteiger partial charge on any atom is -0.507 e. The quantitative estimate of drug-likeness (QED) is 0.238. The van der Waals surface area contributed by atoms with Crippen LogP contribution in [0.25, 0.3) is 45.0 Å². The summed E-state index contributed by atoms with van der Waals surface area (Å²) in [4.78, 5) is 18.8. The summed E-state index contributed by atoms with van der Waals surface area (Å²) in [5.41, 5.74) is 5.65. The first kappa shape index (κ1) is 20.2. The second kappa shape index (κ2) is 8.43. The van der Waals surface area contributed by atoms with E-state index in [9.17, 15) is 15.2 Å². The molecule has 2 N–H and O–H groups in total. The van der Waals surface area contributed by atoms with Gasteiger partial charge in [0, 0.05) is 23.3 Å². The van der Waals surface area contributed by atoms with Crippen LogP contribution in [-0.4, -0.2) is 20.0 Å². The van der Waals surface area contributed by atoms with E-state index in [1.165, 1.54) is 18.2 Å². The molecule has 0 saturated carbocycles. The Balaban J connectivity index is 1.64. The first-order valence-corrected chi connectivity index (χ1v) is 10.4. The van der Waals surface area contributed by atoms with Gasteiger partial charge < -0.3 is 10.1 Å². The molecular weight excluding hydrogens is 414 g/mol. The number of aromatic nitrogens is 2. The summed E-state index contributed by atoms with van der Waals surface area (Å²) in [5.74, 6) is 0.275.